The van der Waals surface area contributed by atoms with Gasteiger partial charge < -0.3 is 21.3 Å². The summed E-state index contributed by atoms with van der Waals surface area (Å²) in [7, 11) is 0. The first-order valence-corrected chi connectivity index (χ1v) is 5.26. The summed E-state index contributed by atoms with van der Waals surface area (Å²) in [5, 5.41) is 20.6. The zero-order valence-corrected chi connectivity index (χ0v) is 9.69. The Morgan fingerprint density at radius 2 is 2.06 bits per heavy atom. The Morgan fingerprint density at radius 1 is 1.50 bits per heavy atom. The Bertz CT molecular complexity index is 253. The molecule has 1 amide bonds. The minimum absolute atomic E-state index is 0.116. The number of aliphatic hydroxyl groups is 1. The standard InChI is InChI=1S/C10H20N2O4/c1-3-4-7(11)9(15)12-6-10(2,16)5-8(13)14/h7,16H,3-6,11H2,1-2H3,(H,12,15)(H,13,14)/t7-,10?/m0/s1. The monoisotopic (exact) mass is 232 g/mol. The number of nitrogens with two attached hydrogens (primary N) is 1. The number of nitrogens with one attached hydrogen (secondary N) is 1. The minimum atomic E-state index is -1.45. The van der Waals surface area contributed by atoms with Crippen LogP contribution in [0.5, 0.6) is 0 Å². The number of hydrogen-bond donors (Lipinski definition) is 4. The van der Waals surface area contributed by atoms with Gasteiger partial charge in [-0.25, -0.2) is 0 Å². The third kappa shape index (κ3) is 6.36. The Labute approximate surface area is 94.8 Å². The molecule has 2 atom stereocenters. The molecule has 0 bridgehead atoms. The van der Waals surface area contributed by atoms with Gasteiger partial charge in [-0.2, -0.15) is 0 Å². The SMILES string of the molecule is CCC[C@H](N)C(=O)NCC(C)(O)CC(=O)O. The summed E-state index contributed by atoms with van der Waals surface area (Å²) in [4.78, 5) is 21.8. The molecule has 0 aromatic rings. The molecule has 0 aliphatic rings. The van der Waals surface area contributed by atoms with Crippen LogP contribution in [0.4, 0.5) is 0 Å². The molecule has 0 aliphatic heterocycles. The fourth-order valence-corrected chi connectivity index (χ4v) is 1.24. The van der Waals surface area contributed by atoms with Gasteiger partial charge in [-0.1, -0.05) is 13.3 Å². The summed E-state index contributed by atoms with van der Waals surface area (Å²) in [6, 6.07) is -0.606. The molecule has 0 rings (SSSR count). The number of aliphatic carboxylic acids is 1. The first-order valence-electron chi connectivity index (χ1n) is 5.26. The van der Waals surface area contributed by atoms with Crippen molar-refractivity contribution in [3.05, 3.63) is 0 Å². The first kappa shape index (κ1) is 14.9. The van der Waals surface area contributed by atoms with Crippen molar-refractivity contribution >= 4 is 11.9 Å². The maximum Gasteiger partial charge on any atom is 0.306 e. The number of carbonyl (C=O) groups is 2. The van der Waals surface area contributed by atoms with E-state index in [1.165, 1.54) is 6.92 Å². The molecular weight excluding hydrogens is 212 g/mol. The molecule has 0 saturated heterocycles. The van der Waals surface area contributed by atoms with Crippen LogP contribution in [-0.2, 0) is 9.59 Å². The van der Waals surface area contributed by atoms with Crippen LogP contribution in [0.3, 0.4) is 0 Å². The van der Waals surface area contributed by atoms with Gasteiger partial charge in [-0.3, -0.25) is 9.59 Å². The van der Waals surface area contributed by atoms with Crippen LogP contribution >= 0.6 is 0 Å². The van der Waals surface area contributed by atoms with Gasteiger partial charge in [0.25, 0.3) is 0 Å². The quantitative estimate of drug-likeness (QED) is 0.470. The van der Waals surface area contributed by atoms with Crippen LogP contribution < -0.4 is 11.1 Å². The zero-order valence-electron chi connectivity index (χ0n) is 9.69. The molecule has 6 heteroatoms. The van der Waals surface area contributed by atoms with Crippen molar-refractivity contribution in [2.75, 3.05) is 6.54 Å². The fraction of sp³-hybridized carbons (Fsp3) is 0.800. The molecule has 0 radical (unpaired) electrons. The maximum absolute atomic E-state index is 11.4. The summed E-state index contributed by atoms with van der Waals surface area (Å²) in [6.45, 7) is 3.15. The normalized spacial score (nSPS) is 16.2. The lowest BCUT2D eigenvalue weighted by Gasteiger charge is -2.22. The third-order valence-corrected chi connectivity index (χ3v) is 2.11. The highest BCUT2D eigenvalue weighted by molar-refractivity contribution is 5.81. The molecule has 16 heavy (non-hydrogen) atoms. The van der Waals surface area contributed by atoms with Crippen molar-refractivity contribution in [1.82, 2.24) is 5.32 Å². The van der Waals surface area contributed by atoms with E-state index in [0.29, 0.717) is 6.42 Å². The lowest BCUT2D eigenvalue weighted by molar-refractivity contribution is -0.142. The molecule has 0 fully saturated rings. The maximum atomic E-state index is 11.4. The Hall–Kier alpha value is -1.14. The molecule has 0 spiro atoms. The van der Waals surface area contributed by atoms with Crippen molar-refractivity contribution in [2.24, 2.45) is 5.73 Å². The van der Waals surface area contributed by atoms with Gasteiger partial charge in [0, 0.05) is 6.54 Å². The van der Waals surface area contributed by atoms with E-state index in [4.69, 9.17) is 10.8 Å². The topological polar surface area (TPSA) is 113 Å². The van der Waals surface area contributed by atoms with E-state index in [1.807, 2.05) is 6.92 Å². The summed E-state index contributed by atoms with van der Waals surface area (Å²) in [5.41, 5.74) is 4.10. The lowest BCUT2D eigenvalue weighted by Crippen LogP contribution is -2.47. The van der Waals surface area contributed by atoms with E-state index < -0.39 is 24.0 Å². The fourth-order valence-electron chi connectivity index (χ4n) is 1.24. The van der Waals surface area contributed by atoms with Crippen molar-refractivity contribution < 1.29 is 19.8 Å². The van der Waals surface area contributed by atoms with Crippen molar-refractivity contribution in [1.29, 1.82) is 0 Å². The number of carbonyl (C=O) groups excluding carboxylic acids is 1. The highest BCUT2D eigenvalue weighted by atomic mass is 16.4. The molecule has 1 unspecified atom stereocenters. The number of carboxylic acids is 1. The number of rotatable bonds is 7. The second-order valence-electron chi connectivity index (χ2n) is 4.18. The Balaban J connectivity index is 4.03. The van der Waals surface area contributed by atoms with Gasteiger partial charge in [0.15, 0.2) is 0 Å². The number of amides is 1. The molecule has 0 aromatic heterocycles. The molecule has 0 aliphatic carbocycles. The van der Waals surface area contributed by atoms with E-state index in [2.05, 4.69) is 5.32 Å². The molecule has 5 N–H and O–H groups in total. The molecular formula is C10H20N2O4. The van der Waals surface area contributed by atoms with Crippen molar-refractivity contribution in [2.45, 2.75) is 44.8 Å². The predicted molar refractivity (Wildman–Crippen MR) is 58.8 cm³/mol. The van der Waals surface area contributed by atoms with Gasteiger partial charge in [0.1, 0.15) is 0 Å². The molecule has 94 valence electrons. The van der Waals surface area contributed by atoms with Crippen LogP contribution in [0.25, 0.3) is 0 Å². The highest BCUT2D eigenvalue weighted by Crippen LogP contribution is 2.07. The number of hydrogen-bond acceptors (Lipinski definition) is 4. The van der Waals surface area contributed by atoms with Gasteiger partial charge in [-0.15, -0.1) is 0 Å². The van der Waals surface area contributed by atoms with Crippen LogP contribution in [0, 0.1) is 0 Å². The second kappa shape index (κ2) is 6.44. The number of carboxylic acid groups (broad SMARTS) is 1. The van der Waals surface area contributed by atoms with Gasteiger partial charge in [0.05, 0.1) is 18.1 Å². The lowest BCUT2D eigenvalue weighted by atomic mass is 10.0. The van der Waals surface area contributed by atoms with E-state index in [1.54, 1.807) is 0 Å². The van der Waals surface area contributed by atoms with Gasteiger partial charge in [-0.05, 0) is 13.3 Å². The summed E-state index contributed by atoms with van der Waals surface area (Å²) < 4.78 is 0. The summed E-state index contributed by atoms with van der Waals surface area (Å²) in [5.74, 6) is -1.48. The predicted octanol–water partition coefficient (Wildman–Crippen LogP) is -0.544. The van der Waals surface area contributed by atoms with E-state index in [-0.39, 0.29) is 12.5 Å². The van der Waals surface area contributed by atoms with Gasteiger partial charge in [0.2, 0.25) is 5.91 Å². The molecule has 6 nitrogen and oxygen atoms in total. The average Bonchev–Trinajstić information content (AvgIpc) is 2.12. The minimum Gasteiger partial charge on any atom is -0.481 e. The van der Waals surface area contributed by atoms with Crippen molar-refractivity contribution in [3.63, 3.8) is 0 Å². The third-order valence-electron chi connectivity index (χ3n) is 2.11. The Morgan fingerprint density at radius 3 is 2.50 bits per heavy atom. The summed E-state index contributed by atoms with van der Waals surface area (Å²) >= 11 is 0. The van der Waals surface area contributed by atoms with Gasteiger partial charge >= 0.3 is 5.97 Å². The highest BCUT2D eigenvalue weighted by Gasteiger charge is 2.25. The first-order chi connectivity index (χ1) is 7.28. The average molecular weight is 232 g/mol. The van der Waals surface area contributed by atoms with E-state index in [0.717, 1.165) is 6.42 Å². The van der Waals surface area contributed by atoms with Crippen LogP contribution in [-0.4, -0.2) is 40.3 Å². The molecule has 0 saturated carbocycles. The van der Waals surface area contributed by atoms with Crippen LogP contribution in [0.1, 0.15) is 33.1 Å². The van der Waals surface area contributed by atoms with E-state index >= 15 is 0 Å². The smallest absolute Gasteiger partial charge is 0.306 e. The molecule has 0 aromatic carbocycles. The largest absolute Gasteiger partial charge is 0.481 e. The van der Waals surface area contributed by atoms with Crippen LogP contribution in [0.2, 0.25) is 0 Å². The zero-order chi connectivity index (χ0) is 12.8. The second-order valence-corrected chi connectivity index (χ2v) is 4.18. The summed E-state index contributed by atoms with van der Waals surface area (Å²) in [6.07, 6.45) is 0.934. The van der Waals surface area contributed by atoms with Crippen LogP contribution in [0.15, 0.2) is 0 Å². The molecule has 0 heterocycles. The van der Waals surface area contributed by atoms with E-state index in [9.17, 15) is 14.7 Å². The van der Waals surface area contributed by atoms with Crippen molar-refractivity contribution in [3.8, 4) is 0 Å². The Kier molecular flexibility index (Phi) is 5.98.